The molecule has 0 fully saturated rings. The Labute approximate surface area is 158 Å². The van der Waals surface area contributed by atoms with Gasteiger partial charge in [-0.2, -0.15) is 0 Å². The third-order valence-electron chi connectivity index (χ3n) is 4.00. The van der Waals surface area contributed by atoms with Crippen molar-refractivity contribution in [2.75, 3.05) is 6.61 Å². The Kier molecular flexibility index (Phi) is 4.52. The fraction of sp³-hybridized carbons (Fsp3) is 0.0476. The predicted molar refractivity (Wildman–Crippen MR) is 101 cm³/mol. The molecule has 0 atom stereocenters. The first kappa shape index (κ1) is 17.1. The lowest BCUT2D eigenvalue weighted by Crippen LogP contribution is -2.17. The standard InChI is InChI=1S/C21H13ClO5/c22-14-8-9-17-15(11-14)19(24)21(20(27-17)18-7-4-10-25-18)26-12-16(23)13-5-2-1-3-6-13/h1-11H,12H2. The third-order valence-corrected chi connectivity index (χ3v) is 4.23. The number of fused-ring (bicyclic) bond motifs is 1. The van der Waals surface area contributed by atoms with Crippen LogP contribution in [0.2, 0.25) is 5.02 Å². The van der Waals surface area contributed by atoms with Crippen molar-refractivity contribution in [1.82, 2.24) is 0 Å². The van der Waals surface area contributed by atoms with Crippen LogP contribution < -0.4 is 10.2 Å². The average molecular weight is 381 g/mol. The van der Waals surface area contributed by atoms with Crippen molar-refractivity contribution >= 4 is 28.4 Å². The van der Waals surface area contributed by atoms with Gasteiger partial charge in [0.15, 0.2) is 18.2 Å². The molecule has 2 aromatic heterocycles. The Balaban J connectivity index is 1.78. The number of ketones is 1. The maximum absolute atomic E-state index is 12.9. The van der Waals surface area contributed by atoms with Crippen LogP contribution in [-0.4, -0.2) is 12.4 Å². The van der Waals surface area contributed by atoms with Gasteiger partial charge in [0, 0.05) is 10.6 Å². The van der Waals surface area contributed by atoms with Gasteiger partial charge in [-0.05, 0) is 30.3 Å². The molecule has 2 heterocycles. The molecule has 0 aliphatic carbocycles. The largest absolute Gasteiger partial charge is 0.478 e. The van der Waals surface area contributed by atoms with Crippen LogP contribution >= 0.6 is 11.6 Å². The second-order valence-electron chi connectivity index (χ2n) is 5.79. The zero-order chi connectivity index (χ0) is 18.8. The van der Waals surface area contributed by atoms with E-state index < -0.39 is 5.43 Å². The number of halogens is 1. The van der Waals surface area contributed by atoms with Crippen molar-refractivity contribution in [3.05, 3.63) is 87.7 Å². The lowest BCUT2D eigenvalue weighted by molar-refractivity contribution is 0.0920. The summed E-state index contributed by atoms with van der Waals surface area (Å²) in [6.45, 7) is -0.311. The summed E-state index contributed by atoms with van der Waals surface area (Å²) in [7, 11) is 0. The topological polar surface area (TPSA) is 69.7 Å². The molecule has 0 bridgehead atoms. The van der Waals surface area contributed by atoms with Crippen molar-refractivity contribution < 1.29 is 18.4 Å². The molecule has 0 amide bonds. The molecule has 4 aromatic rings. The molecule has 134 valence electrons. The summed E-state index contributed by atoms with van der Waals surface area (Å²) >= 11 is 6.00. The van der Waals surface area contributed by atoms with E-state index in [1.807, 2.05) is 6.07 Å². The Morgan fingerprint density at radius 1 is 1.04 bits per heavy atom. The minimum absolute atomic E-state index is 0.0935. The number of Topliss-reactive ketones (excluding diaryl/α,β-unsaturated/α-hetero) is 1. The number of carbonyl (C=O) groups is 1. The fourth-order valence-corrected chi connectivity index (χ4v) is 2.87. The summed E-state index contributed by atoms with van der Waals surface area (Å²) in [6, 6.07) is 16.7. The first-order valence-electron chi connectivity index (χ1n) is 8.15. The number of furan rings is 1. The van der Waals surface area contributed by atoms with Gasteiger partial charge >= 0.3 is 0 Å². The SMILES string of the molecule is O=C(COc1c(-c2ccco2)oc2ccc(Cl)cc2c1=O)c1ccccc1. The van der Waals surface area contributed by atoms with Crippen LogP contribution in [0.5, 0.6) is 5.75 Å². The van der Waals surface area contributed by atoms with Gasteiger partial charge in [0.05, 0.1) is 11.6 Å². The molecule has 27 heavy (non-hydrogen) atoms. The Hall–Kier alpha value is -3.31. The quantitative estimate of drug-likeness (QED) is 0.457. The molecule has 0 aliphatic heterocycles. The summed E-state index contributed by atoms with van der Waals surface area (Å²) in [5.41, 5.74) is 0.411. The molecular formula is C21H13ClO5. The van der Waals surface area contributed by atoms with E-state index in [0.717, 1.165) is 0 Å². The molecule has 0 saturated heterocycles. The van der Waals surface area contributed by atoms with Crippen LogP contribution in [0.15, 0.2) is 80.6 Å². The Morgan fingerprint density at radius 3 is 2.59 bits per heavy atom. The van der Waals surface area contributed by atoms with Crippen LogP contribution in [0, 0.1) is 0 Å². The molecule has 4 rings (SSSR count). The first-order valence-corrected chi connectivity index (χ1v) is 8.52. The van der Waals surface area contributed by atoms with Gasteiger partial charge in [-0.1, -0.05) is 41.9 Å². The molecule has 0 radical (unpaired) electrons. The number of rotatable bonds is 5. The van der Waals surface area contributed by atoms with Crippen LogP contribution in [0.3, 0.4) is 0 Å². The summed E-state index contributed by atoms with van der Waals surface area (Å²) in [6.07, 6.45) is 1.46. The average Bonchev–Trinajstić information content (AvgIpc) is 3.22. The zero-order valence-electron chi connectivity index (χ0n) is 14.0. The fourth-order valence-electron chi connectivity index (χ4n) is 2.70. The van der Waals surface area contributed by atoms with Gasteiger partial charge in [-0.25, -0.2) is 0 Å². The molecule has 0 N–H and O–H groups in total. The number of hydrogen-bond donors (Lipinski definition) is 0. The van der Waals surface area contributed by atoms with Gasteiger partial charge in [0.2, 0.25) is 16.9 Å². The maximum atomic E-state index is 12.9. The smallest absolute Gasteiger partial charge is 0.235 e. The van der Waals surface area contributed by atoms with Gasteiger partial charge in [0.25, 0.3) is 0 Å². The summed E-state index contributed by atoms with van der Waals surface area (Å²) in [4.78, 5) is 25.3. The highest BCUT2D eigenvalue weighted by atomic mass is 35.5. The van der Waals surface area contributed by atoms with E-state index in [4.69, 9.17) is 25.2 Å². The van der Waals surface area contributed by atoms with E-state index in [1.165, 1.54) is 12.3 Å². The Bertz CT molecular complexity index is 1160. The van der Waals surface area contributed by atoms with E-state index in [-0.39, 0.29) is 29.3 Å². The van der Waals surface area contributed by atoms with Crippen LogP contribution in [0.4, 0.5) is 0 Å². The van der Waals surface area contributed by atoms with Gasteiger partial charge in [0.1, 0.15) is 5.58 Å². The molecule has 0 unspecified atom stereocenters. The second-order valence-corrected chi connectivity index (χ2v) is 6.22. The zero-order valence-corrected chi connectivity index (χ0v) is 14.7. The van der Waals surface area contributed by atoms with Gasteiger partial charge < -0.3 is 13.6 Å². The second kappa shape index (κ2) is 7.13. The number of hydrogen-bond acceptors (Lipinski definition) is 5. The van der Waals surface area contributed by atoms with Crippen LogP contribution in [0.25, 0.3) is 22.5 Å². The molecule has 0 spiro atoms. The van der Waals surface area contributed by atoms with Crippen LogP contribution in [0.1, 0.15) is 10.4 Å². The lowest BCUT2D eigenvalue weighted by Gasteiger charge is -2.10. The van der Waals surface area contributed by atoms with Gasteiger partial charge in [-0.3, -0.25) is 9.59 Å². The van der Waals surface area contributed by atoms with Crippen molar-refractivity contribution in [3.8, 4) is 17.3 Å². The molecule has 2 aromatic carbocycles. The third kappa shape index (κ3) is 3.37. The minimum Gasteiger partial charge on any atom is -0.478 e. The highest BCUT2D eigenvalue weighted by Crippen LogP contribution is 2.32. The van der Waals surface area contributed by atoms with Crippen molar-refractivity contribution in [1.29, 1.82) is 0 Å². The van der Waals surface area contributed by atoms with Crippen molar-refractivity contribution in [2.45, 2.75) is 0 Å². The van der Waals surface area contributed by atoms with E-state index >= 15 is 0 Å². The molecule has 0 saturated carbocycles. The highest BCUT2D eigenvalue weighted by Gasteiger charge is 2.21. The van der Waals surface area contributed by atoms with E-state index in [9.17, 15) is 9.59 Å². The first-order chi connectivity index (χ1) is 13.1. The predicted octanol–water partition coefficient (Wildman–Crippen LogP) is 4.97. The molecular weight excluding hydrogens is 368 g/mol. The molecule has 0 aliphatic rings. The van der Waals surface area contributed by atoms with Crippen molar-refractivity contribution in [3.63, 3.8) is 0 Å². The van der Waals surface area contributed by atoms with E-state index in [1.54, 1.807) is 48.5 Å². The van der Waals surface area contributed by atoms with E-state index in [0.29, 0.717) is 21.9 Å². The van der Waals surface area contributed by atoms with Crippen molar-refractivity contribution in [2.24, 2.45) is 0 Å². The molecule has 6 heteroatoms. The molecule has 5 nitrogen and oxygen atoms in total. The normalized spacial score (nSPS) is 10.9. The summed E-state index contributed by atoms with van der Waals surface area (Å²) < 4.78 is 16.8. The number of benzene rings is 2. The monoisotopic (exact) mass is 380 g/mol. The minimum atomic E-state index is -0.425. The van der Waals surface area contributed by atoms with Crippen LogP contribution in [-0.2, 0) is 0 Å². The highest BCUT2D eigenvalue weighted by molar-refractivity contribution is 6.31. The summed E-state index contributed by atoms with van der Waals surface area (Å²) in [5, 5.41) is 0.659. The summed E-state index contributed by atoms with van der Waals surface area (Å²) in [5.74, 6) is 0.0994. The number of carbonyl (C=O) groups excluding carboxylic acids is 1. The lowest BCUT2D eigenvalue weighted by atomic mass is 10.1. The van der Waals surface area contributed by atoms with E-state index in [2.05, 4.69) is 0 Å². The maximum Gasteiger partial charge on any atom is 0.235 e. The Morgan fingerprint density at radius 2 is 1.85 bits per heavy atom. The van der Waals surface area contributed by atoms with Gasteiger partial charge in [-0.15, -0.1) is 0 Å². The number of ether oxygens (including phenoxy) is 1.